The maximum atomic E-state index is 6.02. The Hall–Kier alpha value is -0.160. The van der Waals surface area contributed by atoms with E-state index in [2.05, 4.69) is 55.4 Å². The first-order chi connectivity index (χ1) is 11.0. The molecule has 0 aromatic carbocycles. The van der Waals surface area contributed by atoms with Crippen molar-refractivity contribution in [1.29, 1.82) is 0 Å². The summed E-state index contributed by atoms with van der Waals surface area (Å²) in [6.45, 7) is 18.2. The van der Waals surface area contributed by atoms with E-state index in [1.165, 1.54) is 0 Å². The van der Waals surface area contributed by atoms with Crippen molar-refractivity contribution in [3.63, 3.8) is 0 Å². The maximum absolute atomic E-state index is 6.02. The molecule has 1 heterocycles. The van der Waals surface area contributed by atoms with Gasteiger partial charge < -0.3 is 0 Å². The smallest absolute Gasteiger partial charge is 0.195 e. The molecule has 2 aliphatic carbocycles. The number of hydrogen-bond acceptors (Lipinski definition) is 4. The summed E-state index contributed by atoms with van der Waals surface area (Å²) in [5.74, 6) is -0.173. The van der Waals surface area contributed by atoms with Gasteiger partial charge in [-0.05, 0) is 35.5 Å². The van der Waals surface area contributed by atoms with Crippen LogP contribution in [-0.4, -0.2) is 11.6 Å². The van der Waals surface area contributed by atoms with Crippen molar-refractivity contribution in [3.05, 3.63) is 0 Å². The van der Waals surface area contributed by atoms with E-state index in [1.54, 1.807) is 0 Å². The van der Waals surface area contributed by atoms with E-state index in [-0.39, 0.29) is 22.7 Å². The van der Waals surface area contributed by atoms with Gasteiger partial charge in [-0.2, -0.15) is 19.6 Å². The molecule has 0 N–H and O–H groups in total. The SMILES string of the molecule is CC1C(C)C2(CCC1(C)C)OOC1(CCC(C)(C)C(C)C1C)OO2. The van der Waals surface area contributed by atoms with Crippen LogP contribution in [0.5, 0.6) is 0 Å². The standard InChI is InChI=1S/C20H36O4/c1-13-15(3)19(11-9-17(13,5)6)21-23-20(24-22-19)12-10-18(7,8)14(2)16(20)4/h13-16H,9-12H2,1-8H3. The van der Waals surface area contributed by atoms with Gasteiger partial charge in [-0.25, -0.2) is 0 Å². The molecule has 0 bridgehead atoms. The van der Waals surface area contributed by atoms with Crippen LogP contribution in [0.25, 0.3) is 0 Å². The molecule has 1 aliphatic heterocycles. The predicted molar refractivity (Wildman–Crippen MR) is 92.5 cm³/mol. The molecule has 0 aromatic heterocycles. The summed E-state index contributed by atoms with van der Waals surface area (Å²) >= 11 is 0. The molecule has 2 spiro atoms. The molecule has 1 saturated heterocycles. The van der Waals surface area contributed by atoms with Crippen molar-refractivity contribution in [2.45, 2.75) is 92.6 Å². The van der Waals surface area contributed by atoms with Crippen molar-refractivity contribution in [2.75, 3.05) is 0 Å². The molecular weight excluding hydrogens is 304 g/mol. The maximum Gasteiger partial charge on any atom is 0.237 e. The summed E-state index contributed by atoms with van der Waals surface area (Å²) in [5, 5.41) is 0. The second-order valence-electron chi connectivity index (χ2n) is 10.1. The van der Waals surface area contributed by atoms with Crippen molar-refractivity contribution in [3.8, 4) is 0 Å². The minimum absolute atomic E-state index is 0.214. The second kappa shape index (κ2) is 5.67. The van der Waals surface area contributed by atoms with Crippen LogP contribution in [0, 0.1) is 34.5 Å². The van der Waals surface area contributed by atoms with Gasteiger partial charge in [0.2, 0.25) is 11.6 Å². The molecule has 2 saturated carbocycles. The van der Waals surface area contributed by atoms with Gasteiger partial charge >= 0.3 is 0 Å². The normalized spacial score (nSPS) is 43.0. The monoisotopic (exact) mass is 340 g/mol. The Kier molecular flexibility index (Phi) is 4.40. The molecule has 0 amide bonds. The highest BCUT2D eigenvalue weighted by Gasteiger charge is 2.61. The highest BCUT2D eigenvalue weighted by molar-refractivity contribution is 4.96. The first-order valence-corrected chi connectivity index (χ1v) is 9.69. The summed E-state index contributed by atoms with van der Waals surface area (Å²) in [7, 11) is 0. The van der Waals surface area contributed by atoms with Crippen LogP contribution in [-0.2, 0) is 19.6 Å². The zero-order chi connectivity index (χ0) is 18.0. The van der Waals surface area contributed by atoms with Crippen LogP contribution in [0.1, 0.15) is 81.1 Å². The molecule has 24 heavy (non-hydrogen) atoms. The number of hydrogen-bond donors (Lipinski definition) is 0. The fourth-order valence-corrected chi connectivity index (χ4v) is 4.80. The van der Waals surface area contributed by atoms with Gasteiger partial charge in [0, 0.05) is 24.7 Å². The average molecular weight is 341 g/mol. The Bertz CT molecular complexity index is 432. The van der Waals surface area contributed by atoms with E-state index < -0.39 is 11.6 Å². The summed E-state index contributed by atoms with van der Waals surface area (Å²) < 4.78 is 0. The molecular formula is C20H36O4. The third kappa shape index (κ3) is 2.65. The lowest BCUT2D eigenvalue weighted by molar-refractivity contribution is -0.679. The lowest BCUT2D eigenvalue weighted by atomic mass is 9.62. The molecule has 140 valence electrons. The minimum atomic E-state index is -0.768. The van der Waals surface area contributed by atoms with Gasteiger partial charge in [-0.3, -0.25) is 0 Å². The third-order valence-electron chi connectivity index (χ3n) is 8.24. The van der Waals surface area contributed by atoms with Crippen LogP contribution in [0.3, 0.4) is 0 Å². The van der Waals surface area contributed by atoms with Crippen molar-refractivity contribution >= 4 is 0 Å². The van der Waals surface area contributed by atoms with Crippen LogP contribution in [0.15, 0.2) is 0 Å². The van der Waals surface area contributed by atoms with E-state index in [4.69, 9.17) is 19.6 Å². The molecule has 3 aliphatic rings. The average Bonchev–Trinajstić information content (AvgIpc) is 2.54. The quantitative estimate of drug-likeness (QED) is 0.548. The van der Waals surface area contributed by atoms with Crippen LogP contribution in [0.2, 0.25) is 0 Å². The molecule has 0 radical (unpaired) electrons. The minimum Gasteiger partial charge on any atom is -0.195 e. The van der Waals surface area contributed by atoms with Crippen molar-refractivity contribution < 1.29 is 19.6 Å². The second-order valence-corrected chi connectivity index (χ2v) is 10.1. The van der Waals surface area contributed by atoms with Crippen LogP contribution >= 0.6 is 0 Å². The Morgan fingerprint density at radius 1 is 0.500 bits per heavy atom. The van der Waals surface area contributed by atoms with E-state index >= 15 is 0 Å². The molecule has 4 unspecified atom stereocenters. The van der Waals surface area contributed by atoms with E-state index in [0.717, 1.165) is 25.7 Å². The zero-order valence-electron chi connectivity index (χ0n) is 16.8. The first kappa shape index (κ1) is 18.6. The highest BCUT2D eigenvalue weighted by atomic mass is 17.4. The zero-order valence-corrected chi connectivity index (χ0v) is 16.8. The van der Waals surface area contributed by atoms with Gasteiger partial charge in [-0.1, -0.05) is 55.4 Å². The number of rotatable bonds is 0. The summed E-state index contributed by atoms with van der Waals surface area (Å²) in [4.78, 5) is 24.1. The molecule has 4 atom stereocenters. The van der Waals surface area contributed by atoms with Gasteiger partial charge in [0.25, 0.3) is 0 Å². The molecule has 4 heteroatoms. The molecule has 4 nitrogen and oxygen atoms in total. The van der Waals surface area contributed by atoms with Gasteiger partial charge in [-0.15, -0.1) is 0 Å². The Morgan fingerprint density at radius 2 is 0.792 bits per heavy atom. The fourth-order valence-electron chi connectivity index (χ4n) is 4.80. The summed E-state index contributed by atoms with van der Waals surface area (Å²) in [6.07, 6.45) is 3.68. The van der Waals surface area contributed by atoms with Crippen LogP contribution in [0.4, 0.5) is 0 Å². The molecule has 3 rings (SSSR count). The van der Waals surface area contributed by atoms with Gasteiger partial charge in [0.05, 0.1) is 0 Å². The Morgan fingerprint density at radius 3 is 1.08 bits per heavy atom. The lowest BCUT2D eigenvalue weighted by Crippen LogP contribution is -2.62. The largest absolute Gasteiger partial charge is 0.237 e. The van der Waals surface area contributed by atoms with Crippen molar-refractivity contribution in [2.24, 2.45) is 34.5 Å². The fraction of sp³-hybridized carbons (Fsp3) is 1.00. The summed E-state index contributed by atoms with van der Waals surface area (Å²) in [5.41, 5.74) is 0.562. The summed E-state index contributed by atoms with van der Waals surface area (Å²) in [6, 6.07) is 0. The van der Waals surface area contributed by atoms with Crippen molar-refractivity contribution in [1.82, 2.24) is 0 Å². The third-order valence-corrected chi connectivity index (χ3v) is 8.24. The molecule has 3 fully saturated rings. The predicted octanol–water partition coefficient (Wildman–Crippen LogP) is 5.47. The van der Waals surface area contributed by atoms with Gasteiger partial charge in [0.1, 0.15) is 0 Å². The topological polar surface area (TPSA) is 36.9 Å². The Labute approximate surface area is 147 Å². The van der Waals surface area contributed by atoms with Crippen LogP contribution < -0.4 is 0 Å². The lowest BCUT2D eigenvalue weighted by Gasteiger charge is -2.57. The highest BCUT2D eigenvalue weighted by Crippen LogP contribution is 2.56. The first-order valence-electron chi connectivity index (χ1n) is 9.69. The molecule has 0 aromatic rings. The van der Waals surface area contributed by atoms with E-state index in [9.17, 15) is 0 Å². The van der Waals surface area contributed by atoms with Gasteiger partial charge in [0.15, 0.2) is 0 Å². The van der Waals surface area contributed by atoms with E-state index in [0.29, 0.717) is 11.8 Å². The Balaban J connectivity index is 1.74. The van der Waals surface area contributed by atoms with E-state index in [1.807, 2.05) is 0 Å².